The Bertz CT molecular complexity index is 281. The molecule has 1 aliphatic carbocycles. The zero-order chi connectivity index (χ0) is 9.47. The van der Waals surface area contributed by atoms with Crippen LogP contribution in [0.3, 0.4) is 0 Å². The molecular formula is C8H16N2O2S. The van der Waals surface area contributed by atoms with Crippen molar-refractivity contribution in [1.29, 1.82) is 0 Å². The van der Waals surface area contributed by atoms with Crippen molar-refractivity contribution in [3.05, 3.63) is 0 Å². The Kier molecular flexibility index (Phi) is 2.33. The normalized spacial score (nSPS) is 24.8. The van der Waals surface area contributed by atoms with Crippen molar-refractivity contribution in [1.82, 2.24) is 9.62 Å². The Morgan fingerprint density at radius 1 is 1.38 bits per heavy atom. The van der Waals surface area contributed by atoms with Crippen molar-refractivity contribution in [2.75, 3.05) is 25.9 Å². The molecule has 0 bridgehead atoms. The average Bonchev–Trinajstić information content (AvgIpc) is 2.66. The van der Waals surface area contributed by atoms with Crippen LogP contribution >= 0.6 is 0 Å². The van der Waals surface area contributed by atoms with Crippen LogP contribution in [-0.4, -0.2) is 44.7 Å². The third kappa shape index (κ3) is 2.03. The highest BCUT2D eigenvalue weighted by molar-refractivity contribution is 7.89. The fraction of sp³-hybridized carbons (Fsp3) is 1.00. The van der Waals surface area contributed by atoms with E-state index in [2.05, 4.69) is 5.32 Å². The van der Waals surface area contributed by atoms with Gasteiger partial charge in [0, 0.05) is 26.2 Å². The lowest BCUT2D eigenvalue weighted by molar-refractivity contribution is 0.274. The van der Waals surface area contributed by atoms with Crippen molar-refractivity contribution >= 4 is 10.0 Å². The Morgan fingerprint density at radius 2 is 2.00 bits per heavy atom. The Morgan fingerprint density at radius 3 is 2.38 bits per heavy atom. The maximum Gasteiger partial charge on any atom is 0.214 e. The molecule has 4 nitrogen and oxygen atoms in total. The van der Waals surface area contributed by atoms with Crippen LogP contribution in [-0.2, 0) is 10.0 Å². The summed E-state index contributed by atoms with van der Waals surface area (Å²) in [5.41, 5.74) is 0. The largest absolute Gasteiger partial charge is 0.313 e. The van der Waals surface area contributed by atoms with Gasteiger partial charge in [0.15, 0.2) is 0 Å². The molecule has 0 aromatic carbocycles. The molecule has 2 rings (SSSR count). The molecule has 1 N–H and O–H groups in total. The molecule has 2 aliphatic rings. The fourth-order valence-corrected chi connectivity index (χ4v) is 3.23. The molecule has 76 valence electrons. The van der Waals surface area contributed by atoms with Gasteiger partial charge < -0.3 is 5.32 Å². The van der Waals surface area contributed by atoms with Crippen LogP contribution in [0.2, 0.25) is 0 Å². The molecule has 13 heavy (non-hydrogen) atoms. The highest BCUT2D eigenvalue weighted by atomic mass is 32.2. The Hall–Kier alpha value is -0.130. The molecule has 5 heteroatoms. The van der Waals surface area contributed by atoms with E-state index in [1.165, 1.54) is 0 Å². The molecule has 0 atom stereocenters. The van der Waals surface area contributed by atoms with E-state index in [4.69, 9.17) is 0 Å². The first-order valence-corrected chi connectivity index (χ1v) is 6.37. The van der Waals surface area contributed by atoms with Gasteiger partial charge in [0.1, 0.15) is 0 Å². The lowest BCUT2D eigenvalue weighted by atomic mass is 10.2. The minimum atomic E-state index is -2.96. The monoisotopic (exact) mass is 204 g/mol. The fourth-order valence-electron chi connectivity index (χ4n) is 1.46. The molecule has 0 aromatic rings. The van der Waals surface area contributed by atoms with E-state index in [1.807, 2.05) is 0 Å². The van der Waals surface area contributed by atoms with Gasteiger partial charge in [-0.3, -0.25) is 0 Å². The average molecular weight is 204 g/mol. The Balaban J connectivity index is 1.95. The molecule has 0 radical (unpaired) electrons. The second kappa shape index (κ2) is 3.22. The van der Waals surface area contributed by atoms with Crippen molar-refractivity contribution < 1.29 is 8.42 Å². The van der Waals surface area contributed by atoms with Crippen molar-refractivity contribution in [2.24, 2.45) is 5.92 Å². The quantitative estimate of drug-likeness (QED) is 0.680. The second-order valence-corrected chi connectivity index (χ2v) is 6.12. The van der Waals surface area contributed by atoms with E-state index in [0.29, 0.717) is 11.7 Å². The SMILES string of the molecule is CN(C1CNC1)S(=O)(=O)CC1CC1. The second-order valence-electron chi connectivity index (χ2n) is 4.05. The van der Waals surface area contributed by atoms with Crippen LogP contribution in [0.25, 0.3) is 0 Å². The third-order valence-electron chi connectivity index (χ3n) is 2.86. The predicted octanol–water partition coefficient (Wildman–Crippen LogP) is -0.370. The van der Waals surface area contributed by atoms with Crippen LogP contribution in [0.4, 0.5) is 0 Å². The van der Waals surface area contributed by atoms with E-state index in [9.17, 15) is 8.42 Å². The highest BCUT2D eigenvalue weighted by Gasteiger charge is 2.35. The molecule has 1 aliphatic heterocycles. The minimum absolute atomic E-state index is 0.198. The lowest BCUT2D eigenvalue weighted by Gasteiger charge is -2.34. The number of hydrogen-bond donors (Lipinski definition) is 1. The van der Waals surface area contributed by atoms with Gasteiger partial charge in [0.2, 0.25) is 10.0 Å². The van der Waals surface area contributed by atoms with E-state index < -0.39 is 10.0 Å². The van der Waals surface area contributed by atoms with Gasteiger partial charge in [-0.2, -0.15) is 4.31 Å². The number of nitrogens with one attached hydrogen (secondary N) is 1. The van der Waals surface area contributed by atoms with E-state index in [1.54, 1.807) is 11.4 Å². The molecule has 1 heterocycles. The molecule has 1 saturated heterocycles. The van der Waals surface area contributed by atoms with Gasteiger partial charge in [0.25, 0.3) is 0 Å². The number of sulfonamides is 1. The third-order valence-corrected chi connectivity index (χ3v) is 4.92. The molecule has 1 saturated carbocycles. The van der Waals surface area contributed by atoms with Crippen LogP contribution in [0.1, 0.15) is 12.8 Å². The van der Waals surface area contributed by atoms with Crippen LogP contribution in [0.15, 0.2) is 0 Å². The van der Waals surface area contributed by atoms with Crippen molar-refractivity contribution in [3.63, 3.8) is 0 Å². The van der Waals surface area contributed by atoms with Gasteiger partial charge in [-0.25, -0.2) is 8.42 Å². The summed E-state index contributed by atoms with van der Waals surface area (Å²) >= 11 is 0. The van der Waals surface area contributed by atoms with Crippen molar-refractivity contribution in [2.45, 2.75) is 18.9 Å². The van der Waals surface area contributed by atoms with Gasteiger partial charge in [-0.15, -0.1) is 0 Å². The summed E-state index contributed by atoms with van der Waals surface area (Å²) in [6, 6.07) is 0.198. The molecule has 2 fully saturated rings. The van der Waals surface area contributed by atoms with Crippen LogP contribution in [0, 0.1) is 5.92 Å². The summed E-state index contributed by atoms with van der Waals surface area (Å²) in [4.78, 5) is 0. The first-order chi connectivity index (χ1) is 6.09. The maximum absolute atomic E-state index is 11.7. The van der Waals surface area contributed by atoms with Gasteiger partial charge >= 0.3 is 0 Å². The lowest BCUT2D eigenvalue weighted by Crippen LogP contribution is -2.57. The molecule has 0 amide bonds. The van der Waals surface area contributed by atoms with Gasteiger partial charge in [0.05, 0.1) is 5.75 Å². The van der Waals surface area contributed by atoms with Crippen LogP contribution < -0.4 is 5.32 Å². The maximum atomic E-state index is 11.7. The first kappa shape index (κ1) is 9.43. The molecular weight excluding hydrogens is 188 g/mol. The van der Waals surface area contributed by atoms with Gasteiger partial charge in [-0.1, -0.05) is 0 Å². The summed E-state index contributed by atoms with van der Waals surface area (Å²) in [6.45, 7) is 1.61. The molecule has 0 unspecified atom stereocenters. The summed E-state index contributed by atoms with van der Waals surface area (Å²) in [5, 5.41) is 3.08. The predicted molar refractivity (Wildman–Crippen MR) is 50.9 cm³/mol. The summed E-state index contributed by atoms with van der Waals surface area (Å²) < 4.78 is 25.0. The molecule has 0 aromatic heterocycles. The zero-order valence-electron chi connectivity index (χ0n) is 7.86. The number of hydrogen-bond acceptors (Lipinski definition) is 3. The topological polar surface area (TPSA) is 49.4 Å². The van der Waals surface area contributed by atoms with Crippen molar-refractivity contribution in [3.8, 4) is 0 Å². The van der Waals surface area contributed by atoms with Gasteiger partial charge in [-0.05, 0) is 18.8 Å². The number of rotatable bonds is 4. The zero-order valence-corrected chi connectivity index (χ0v) is 8.68. The van der Waals surface area contributed by atoms with E-state index >= 15 is 0 Å². The van der Waals surface area contributed by atoms with E-state index in [0.717, 1.165) is 25.9 Å². The summed E-state index contributed by atoms with van der Waals surface area (Å²) in [7, 11) is -1.27. The van der Waals surface area contributed by atoms with Crippen LogP contribution in [0.5, 0.6) is 0 Å². The van der Waals surface area contributed by atoms with E-state index in [-0.39, 0.29) is 6.04 Å². The molecule has 0 spiro atoms. The minimum Gasteiger partial charge on any atom is -0.313 e. The summed E-state index contributed by atoms with van der Waals surface area (Å²) in [5.74, 6) is 0.806. The first-order valence-electron chi connectivity index (χ1n) is 4.76. The highest BCUT2D eigenvalue weighted by Crippen LogP contribution is 2.31. The summed E-state index contributed by atoms with van der Waals surface area (Å²) in [6.07, 6.45) is 2.19. The Labute approximate surface area is 79.4 Å². The number of likely N-dealkylation sites (N-methyl/N-ethyl adjacent to an activating group) is 1. The smallest absolute Gasteiger partial charge is 0.214 e. The number of nitrogens with zero attached hydrogens (tertiary/aromatic N) is 1. The standard InChI is InChI=1S/C8H16N2O2S/c1-10(8-4-9-5-8)13(11,12)6-7-2-3-7/h7-9H,2-6H2,1H3.